The quantitative estimate of drug-likeness (QED) is 0.411. The highest BCUT2D eigenvalue weighted by Gasteiger charge is 2.16. The molecule has 1 rings (SSSR count). The maximum atomic E-state index is 12.3. The monoisotopic (exact) mass is 387 g/mol. The van der Waals surface area contributed by atoms with Gasteiger partial charge in [0.15, 0.2) is 0 Å². The van der Waals surface area contributed by atoms with E-state index in [4.69, 9.17) is 4.74 Å². The van der Waals surface area contributed by atoms with Crippen LogP contribution in [0.5, 0.6) is 0 Å². The minimum Gasteiger partial charge on any atom is -0.466 e. The van der Waals surface area contributed by atoms with E-state index in [1.165, 1.54) is 0 Å². The van der Waals surface area contributed by atoms with Gasteiger partial charge in [0.05, 0.1) is 13.0 Å². The largest absolute Gasteiger partial charge is 0.466 e. The number of carbonyl (C=O) groups is 2. The number of hydrogen-bond donors (Lipinski definition) is 0. The normalized spacial score (nSPS) is 9.90. The molecule has 1 aromatic carbocycles. The number of rotatable bonds is 7. The van der Waals surface area contributed by atoms with Gasteiger partial charge in [-0.05, 0) is 53.8 Å². The summed E-state index contributed by atoms with van der Waals surface area (Å²) in [5, 5.41) is 0. The molecule has 0 aliphatic heterocycles. The summed E-state index contributed by atoms with van der Waals surface area (Å²) in [4.78, 5) is 25.3. The summed E-state index contributed by atoms with van der Waals surface area (Å²) in [5.41, 5.74) is 0.608. The summed E-state index contributed by atoms with van der Waals surface area (Å²) in [6.07, 6.45) is 1.84. The van der Waals surface area contributed by atoms with Crippen LogP contribution in [-0.2, 0) is 9.53 Å². The molecular weight excluding hydrogens is 369 g/mol. The maximum Gasteiger partial charge on any atom is 0.307 e. The topological polar surface area (TPSA) is 46.6 Å². The molecule has 0 N–H and O–H groups in total. The summed E-state index contributed by atoms with van der Waals surface area (Å²) >= 11 is 2.19. The van der Waals surface area contributed by atoms with Crippen molar-refractivity contribution in [2.45, 2.75) is 13.3 Å². The molecule has 20 heavy (non-hydrogen) atoms. The van der Waals surface area contributed by atoms with Crippen LogP contribution in [0.3, 0.4) is 0 Å². The van der Waals surface area contributed by atoms with Crippen molar-refractivity contribution in [1.82, 2.24) is 4.90 Å². The molecular formula is C15H18INO3. The molecule has 5 heteroatoms. The molecule has 0 bridgehead atoms. The maximum absolute atomic E-state index is 12.3. The van der Waals surface area contributed by atoms with Crippen molar-refractivity contribution in [3.63, 3.8) is 0 Å². The van der Waals surface area contributed by atoms with Crippen molar-refractivity contribution in [3.05, 3.63) is 46.1 Å². The lowest BCUT2D eigenvalue weighted by Gasteiger charge is -2.20. The van der Waals surface area contributed by atoms with Crippen molar-refractivity contribution in [2.75, 3.05) is 19.7 Å². The van der Waals surface area contributed by atoms with Crippen LogP contribution in [0.1, 0.15) is 23.7 Å². The fourth-order valence-corrected chi connectivity index (χ4v) is 2.03. The molecule has 0 fully saturated rings. The Labute approximate surface area is 132 Å². The van der Waals surface area contributed by atoms with E-state index in [2.05, 4.69) is 29.2 Å². The average Bonchev–Trinajstić information content (AvgIpc) is 2.44. The molecule has 1 amide bonds. The van der Waals surface area contributed by atoms with Gasteiger partial charge in [-0.15, -0.1) is 6.58 Å². The zero-order chi connectivity index (χ0) is 15.0. The van der Waals surface area contributed by atoms with Gasteiger partial charge in [-0.3, -0.25) is 9.59 Å². The third kappa shape index (κ3) is 5.32. The zero-order valence-corrected chi connectivity index (χ0v) is 13.6. The second kappa shape index (κ2) is 8.73. The fraction of sp³-hybridized carbons (Fsp3) is 0.333. The van der Waals surface area contributed by atoms with Crippen LogP contribution >= 0.6 is 22.6 Å². The van der Waals surface area contributed by atoms with Crippen LogP contribution in [0.25, 0.3) is 0 Å². The van der Waals surface area contributed by atoms with Crippen LogP contribution in [0.2, 0.25) is 0 Å². The van der Waals surface area contributed by atoms with Crippen molar-refractivity contribution in [1.29, 1.82) is 0 Å². The molecule has 0 aliphatic rings. The zero-order valence-electron chi connectivity index (χ0n) is 11.5. The molecule has 0 spiro atoms. The van der Waals surface area contributed by atoms with E-state index in [9.17, 15) is 9.59 Å². The van der Waals surface area contributed by atoms with Crippen molar-refractivity contribution < 1.29 is 14.3 Å². The summed E-state index contributed by atoms with van der Waals surface area (Å²) < 4.78 is 5.94. The first kappa shape index (κ1) is 16.7. The third-order valence-corrected chi connectivity index (χ3v) is 3.34. The van der Waals surface area contributed by atoms with Gasteiger partial charge in [0.1, 0.15) is 0 Å². The van der Waals surface area contributed by atoms with Gasteiger partial charge in [-0.25, -0.2) is 0 Å². The Morgan fingerprint density at radius 3 is 2.55 bits per heavy atom. The molecule has 0 unspecified atom stereocenters. The predicted octanol–water partition coefficient (Wildman–Crippen LogP) is 2.87. The molecule has 4 nitrogen and oxygen atoms in total. The van der Waals surface area contributed by atoms with E-state index in [0.717, 1.165) is 3.57 Å². The van der Waals surface area contributed by atoms with Gasteiger partial charge in [0.25, 0.3) is 5.91 Å². The Morgan fingerprint density at radius 2 is 2.00 bits per heavy atom. The van der Waals surface area contributed by atoms with Gasteiger partial charge in [-0.1, -0.05) is 6.08 Å². The van der Waals surface area contributed by atoms with Crippen LogP contribution in [0.15, 0.2) is 36.9 Å². The molecule has 1 aromatic rings. The molecule has 0 aromatic heterocycles. The number of carbonyl (C=O) groups excluding carboxylic acids is 2. The standard InChI is InChI=1S/C15H18INO3/c1-3-10-17(11-9-14(18)20-4-2)15(19)12-5-7-13(16)8-6-12/h3,5-8H,1,4,9-11H2,2H3. The Hall–Kier alpha value is -1.37. The Kier molecular flexibility index (Phi) is 7.28. The Balaban J connectivity index is 2.69. The molecule has 0 heterocycles. The van der Waals surface area contributed by atoms with Crippen molar-refractivity contribution in [2.24, 2.45) is 0 Å². The molecule has 0 saturated carbocycles. The Bertz CT molecular complexity index is 471. The summed E-state index contributed by atoms with van der Waals surface area (Å²) in [6, 6.07) is 7.32. The predicted molar refractivity (Wildman–Crippen MR) is 86.5 cm³/mol. The van der Waals surface area contributed by atoms with Crippen LogP contribution in [0, 0.1) is 3.57 Å². The number of hydrogen-bond acceptors (Lipinski definition) is 3. The highest BCUT2D eigenvalue weighted by atomic mass is 127. The Morgan fingerprint density at radius 1 is 1.35 bits per heavy atom. The van der Waals surface area contributed by atoms with E-state index in [0.29, 0.717) is 25.3 Å². The summed E-state index contributed by atoms with van der Waals surface area (Å²) in [7, 11) is 0. The number of benzene rings is 1. The van der Waals surface area contributed by atoms with Crippen LogP contribution in [-0.4, -0.2) is 36.5 Å². The lowest BCUT2D eigenvalue weighted by Crippen LogP contribution is -2.33. The molecule has 0 aliphatic carbocycles. The van der Waals surface area contributed by atoms with E-state index >= 15 is 0 Å². The van der Waals surface area contributed by atoms with E-state index in [1.54, 1.807) is 30.0 Å². The second-order valence-electron chi connectivity index (χ2n) is 4.10. The average molecular weight is 387 g/mol. The fourth-order valence-electron chi connectivity index (χ4n) is 1.67. The highest BCUT2D eigenvalue weighted by Crippen LogP contribution is 2.10. The molecule has 0 atom stereocenters. The first-order valence-electron chi connectivity index (χ1n) is 6.39. The van der Waals surface area contributed by atoms with E-state index in [1.807, 2.05) is 12.1 Å². The number of esters is 1. The summed E-state index contributed by atoms with van der Waals surface area (Å²) in [6.45, 7) is 6.49. The van der Waals surface area contributed by atoms with E-state index in [-0.39, 0.29) is 18.3 Å². The van der Waals surface area contributed by atoms with Crippen molar-refractivity contribution in [3.8, 4) is 0 Å². The smallest absolute Gasteiger partial charge is 0.307 e. The van der Waals surface area contributed by atoms with Gasteiger partial charge in [0.2, 0.25) is 0 Å². The van der Waals surface area contributed by atoms with Gasteiger partial charge in [0, 0.05) is 22.2 Å². The van der Waals surface area contributed by atoms with Crippen LogP contribution in [0.4, 0.5) is 0 Å². The second-order valence-corrected chi connectivity index (χ2v) is 5.35. The molecule has 0 radical (unpaired) electrons. The van der Waals surface area contributed by atoms with E-state index < -0.39 is 0 Å². The lowest BCUT2D eigenvalue weighted by molar-refractivity contribution is -0.143. The number of nitrogens with zero attached hydrogens (tertiary/aromatic N) is 1. The van der Waals surface area contributed by atoms with Gasteiger partial charge >= 0.3 is 5.97 Å². The SMILES string of the molecule is C=CCN(CCC(=O)OCC)C(=O)c1ccc(I)cc1. The number of halogens is 1. The minimum absolute atomic E-state index is 0.106. The number of ether oxygens (including phenoxy) is 1. The minimum atomic E-state index is -0.294. The first-order chi connectivity index (χ1) is 9.58. The molecule has 0 saturated heterocycles. The van der Waals surface area contributed by atoms with Crippen LogP contribution < -0.4 is 0 Å². The summed E-state index contributed by atoms with van der Waals surface area (Å²) in [5.74, 6) is -0.400. The number of amides is 1. The lowest BCUT2D eigenvalue weighted by atomic mass is 10.2. The highest BCUT2D eigenvalue weighted by molar-refractivity contribution is 14.1. The first-order valence-corrected chi connectivity index (χ1v) is 7.47. The van der Waals surface area contributed by atoms with Gasteiger partial charge < -0.3 is 9.64 Å². The van der Waals surface area contributed by atoms with Crippen molar-refractivity contribution >= 4 is 34.5 Å². The molecule has 108 valence electrons. The third-order valence-electron chi connectivity index (χ3n) is 2.62. The van der Waals surface area contributed by atoms with Gasteiger partial charge in [-0.2, -0.15) is 0 Å².